The minimum atomic E-state index is 0.159. The Kier molecular flexibility index (Phi) is 3.57. The summed E-state index contributed by atoms with van der Waals surface area (Å²) in [6.45, 7) is 6.56. The number of nitrogens with one attached hydrogen (secondary N) is 1. The van der Waals surface area contributed by atoms with E-state index in [1.165, 1.54) is 5.69 Å². The molecular formula is C16H20ClN3. The van der Waals surface area contributed by atoms with Crippen LogP contribution in [0.15, 0.2) is 36.8 Å². The molecule has 1 saturated heterocycles. The molecule has 1 fully saturated rings. The van der Waals surface area contributed by atoms with Gasteiger partial charge in [-0.05, 0) is 31.5 Å². The van der Waals surface area contributed by atoms with Gasteiger partial charge in [-0.2, -0.15) is 0 Å². The number of rotatable bonds is 3. The zero-order valence-electron chi connectivity index (χ0n) is 11.9. The molecule has 1 aromatic carbocycles. The second kappa shape index (κ2) is 5.23. The number of hydrogen-bond donors (Lipinski definition) is 1. The van der Waals surface area contributed by atoms with Crippen molar-refractivity contribution in [1.29, 1.82) is 0 Å². The molecule has 2 unspecified atom stereocenters. The molecule has 1 aromatic heterocycles. The smallest absolute Gasteiger partial charge is 0.0954 e. The van der Waals surface area contributed by atoms with E-state index in [0.717, 1.165) is 30.1 Å². The van der Waals surface area contributed by atoms with Crippen LogP contribution in [0, 0.1) is 0 Å². The molecule has 1 N–H and O–H groups in total. The van der Waals surface area contributed by atoms with Crippen LogP contribution >= 0.6 is 11.6 Å². The van der Waals surface area contributed by atoms with Crippen LogP contribution in [0.25, 0.3) is 0 Å². The summed E-state index contributed by atoms with van der Waals surface area (Å²) in [5, 5.41) is 4.27. The van der Waals surface area contributed by atoms with Crippen LogP contribution in [0.5, 0.6) is 0 Å². The van der Waals surface area contributed by atoms with Gasteiger partial charge in [0.2, 0.25) is 0 Å². The molecule has 20 heavy (non-hydrogen) atoms. The Hall–Kier alpha value is -1.32. The van der Waals surface area contributed by atoms with Gasteiger partial charge in [0.05, 0.1) is 12.4 Å². The number of benzene rings is 1. The lowest BCUT2D eigenvalue weighted by atomic mass is 9.86. The van der Waals surface area contributed by atoms with Crippen LogP contribution in [0.1, 0.15) is 37.6 Å². The first-order valence-corrected chi connectivity index (χ1v) is 7.47. The van der Waals surface area contributed by atoms with Crippen LogP contribution in [-0.2, 0) is 5.41 Å². The summed E-state index contributed by atoms with van der Waals surface area (Å²) in [7, 11) is 0. The molecule has 1 aliphatic rings. The van der Waals surface area contributed by atoms with Crippen molar-refractivity contribution in [3.63, 3.8) is 0 Å². The Balaban J connectivity index is 1.99. The van der Waals surface area contributed by atoms with Crippen molar-refractivity contribution in [2.24, 2.45) is 0 Å². The van der Waals surface area contributed by atoms with E-state index >= 15 is 0 Å². The molecule has 3 nitrogen and oxygen atoms in total. The Morgan fingerprint density at radius 3 is 2.90 bits per heavy atom. The van der Waals surface area contributed by atoms with Crippen LogP contribution < -0.4 is 5.32 Å². The van der Waals surface area contributed by atoms with Crippen molar-refractivity contribution in [3.8, 4) is 0 Å². The van der Waals surface area contributed by atoms with Gasteiger partial charge < -0.3 is 9.88 Å². The van der Waals surface area contributed by atoms with Crippen molar-refractivity contribution < 1.29 is 0 Å². The SMILES string of the molecule is CC(c1ccccc1Cl)n1cncc1C1(C)CCNC1. The van der Waals surface area contributed by atoms with Gasteiger partial charge in [0, 0.05) is 28.9 Å². The lowest BCUT2D eigenvalue weighted by molar-refractivity contribution is 0.460. The molecule has 1 aliphatic heterocycles. The zero-order valence-corrected chi connectivity index (χ0v) is 12.7. The van der Waals surface area contributed by atoms with Gasteiger partial charge in [0.25, 0.3) is 0 Å². The predicted octanol–water partition coefficient (Wildman–Crippen LogP) is 3.40. The standard InChI is InChI=1S/C16H20ClN3/c1-12(13-5-3-4-6-14(13)17)20-11-19-9-15(20)16(2)7-8-18-10-16/h3-6,9,11-12,18H,7-8,10H2,1-2H3. The molecule has 0 radical (unpaired) electrons. The maximum atomic E-state index is 6.34. The largest absolute Gasteiger partial charge is 0.327 e. The highest BCUT2D eigenvalue weighted by Gasteiger charge is 2.34. The molecule has 0 amide bonds. The fourth-order valence-electron chi connectivity index (χ4n) is 3.08. The average molecular weight is 290 g/mol. The van der Waals surface area contributed by atoms with E-state index in [0.29, 0.717) is 0 Å². The first kappa shape index (κ1) is 13.7. The number of nitrogens with zero attached hydrogens (tertiary/aromatic N) is 2. The zero-order chi connectivity index (χ0) is 14.2. The third-order valence-corrected chi connectivity index (χ3v) is 4.77. The summed E-state index contributed by atoms with van der Waals surface area (Å²) in [4.78, 5) is 4.38. The third kappa shape index (κ3) is 2.25. The fraction of sp³-hybridized carbons (Fsp3) is 0.438. The van der Waals surface area contributed by atoms with E-state index in [2.05, 4.69) is 34.8 Å². The normalized spacial score (nSPS) is 23.9. The van der Waals surface area contributed by atoms with Crippen molar-refractivity contribution in [2.75, 3.05) is 13.1 Å². The van der Waals surface area contributed by atoms with Crippen LogP contribution in [-0.4, -0.2) is 22.6 Å². The molecule has 0 bridgehead atoms. The van der Waals surface area contributed by atoms with Crippen LogP contribution in [0.4, 0.5) is 0 Å². The molecule has 2 atom stereocenters. The summed E-state index contributed by atoms with van der Waals surface area (Å²) >= 11 is 6.34. The van der Waals surface area contributed by atoms with E-state index in [1.807, 2.05) is 30.7 Å². The van der Waals surface area contributed by atoms with Crippen LogP contribution in [0.3, 0.4) is 0 Å². The summed E-state index contributed by atoms with van der Waals surface area (Å²) < 4.78 is 2.26. The Bertz CT molecular complexity index is 599. The molecule has 0 spiro atoms. The maximum absolute atomic E-state index is 6.34. The fourth-order valence-corrected chi connectivity index (χ4v) is 3.37. The number of hydrogen-bond acceptors (Lipinski definition) is 2. The number of halogens is 1. The highest BCUT2D eigenvalue weighted by molar-refractivity contribution is 6.31. The van der Waals surface area contributed by atoms with E-state index in [9.17, 15) is 0 Å². The molecule has 3 rings (SSSR count). The van der Waals surface area contributed by atoms with Gasteiger partial charge in [0.15, 0.2) is 0 Å². The first-order valence-electron chi connectivity index (χ1n) is 7.09. The van der Waals surface area contributed by atoms with Crippen molar-refractivity contribution >= 4 is 11.6 Å². The highest BCUT2D eigenvalue weighted by atomic mass is 35.5. The predicted molar refractivity (Wildman–Crippen MR) is 82.3 cm³/mol. The molecule has 106 valence electrons. The molecule has 2 heterocycles. The quantitative estimate of drug-likeness (QED) is 0.938. The van der Waals surface area contributed by atoms with Gasteiger partial charge >= 0.3 is 0 Å². The van der Waals surface area contributed by atoms with Gasteiger partial charge in [-0.1, -0.05) is 36.7 Å². The molecule has 2 aromatic rings. The minimum absolute atomic E-state index is 0.159. The monoisotopic (exact) mass is 289 g/mol. The summed E-state index contributed by atoms with van der Waals surface area (Å²) in [5.41, 5.74) is 2.59. The van der Waals surface area contributed by atoms with Crippen molar-refractivity contribution in [3.05, 3.63) is 53.1 Å². The van der Waals surface area contributed by atoms with Gasteiger partial charge in [-0.15, -0.1) is 0 Å². The van der Waals surface area contributed by atoms with E-state index in [1.54, 1.807) is 0 Å². The third-order valence-electron chi connectivity index (χ3n) is 4.43. The molecule has 0 saturated carbocycles. The maximum Gasteiger partial charge on any atom is 0.0954 e. The average Bonchev–Trinajstić information content (AvgIpc) is 3.08. The Labute approximate surface area is 125 Å². The van der Waals surface area contributed by atoms with Crippen LogP contribution in [0.2, 0.25) is 5.02 Å². The lowest BCUT2D eigenvalue weighted by Gasteiger charge is -2.27. The second-order valence-electron chi connectivity index (χ2n) is 5.87. The summed E-state index contributed by atoms with van der Waals surface area (Å²) in [5.74, 6) is 0. The lowest BCUT2D eigenvalue weighted by Crippen LogP contribution is -2.29. The van der Waals surface area contributed by atoms with E-state index < -0.39 is 0 Å². The van der Waals surface area contributed by atoms with E-state index in [-0.39, 0.29) is 11.5 Å². The number of aromatic nitrogens is 2. The molecule has 4 heteroatoms. The van der Waals surface area contributed by atoms with Gasteiger partial charge in [0.1, 0.15) is 0 Å². The Morgan fingerprint density at radius 1 is 1.40 bits per heavy atom. The second-order valence-corrected chi connectivity index (χ2v) is 6.28. The number of imidazole rings is 1. The molecule has 0 aliphatic carbocycles. The van der Waals surface area contributed by atoms with E-state index in [4.69, 9.17) is 11.6 Å². The van der Waals surface area contributed by atoms with Crippen molar-refractivity contribution in [1.82, 2.24) is 14.9 Å². The summed E-state index contributed by atoms with van der Waals surface area (Å²) in [6, 6.07) is 8.23. The van der Waals surface area contributed by atoms with Gasteiger partial charge in [-0.3, -0.25) is 0 Å². The highest BCUT2D eigenvalue weighted by Crippen LogP contribution is 2.34. The first-order chi connectivity index (χ1) is 9.62. The van der Waals surface area contributed by atoms with Gasteiger partial charge in [-0.25, -0.2) is 4.98 Å². The summed E-state index contributed by atoms with van der Waals surface area (Å²) in [6.07, 6.45) is 5.07. The minimum Gasteiger partial charge on any atom is -0.327 e. The molecular weight excluding hydrogens is 270 g/mol. The topological polar surface area (TPSA) is 29.9 Å². The van der Waals surface area contributed by atoms with Crippen molar-refractivity contribution in [2.45, 2.75) is 31.7 Å². The Morgan fingerprint density at radius 2 is 2.20 bits per heavy atom.